The van der Waals surface area contributed by atoms with Crippen LogP contribution in [0.3, 0.4) is 0 Å². The van der Waals surface area contributed by atoms with Crippen LogP contribution in [0.2, 0.25) is 5.02 Å². The first-order valence-electron chi connectivity index (χ1n) is 5.07. The molecule has 0 bridgehead atoms. The molecule has 0 fully saturated rings. The fourth-order valence-electron chi connectivity index (χ4n) is 1.25. The van der Waals surface area contributed by atoms with Crippen LogP contribution in [0, 0.1) is 0 Å². The molecule has 0 saturated carbocycles. The average molecular weight is 276 g/mol. The van der Waals surface area contributed by atoms with Crippen molar-refractivity contribution in [2.45, 2.75) is 13.5 Å². The Morgan fingerprint density at radius 1 is 1.47 bits per heavy atom. The standard InChI is InChI=1S/C12H15Cl2NO2/c1-8(5-13)7-17-12-10(14)3-9(6-15)4-11(12)16-2/h3-5H,6-7,15H2,1-2H3/b8-5+. The monoisotopic (exact) mass is 275 g/mol. The number of hydrogen-bond donors (Lipinski definition) is 1. The molecule has 1 rings (SSSR count). The van der Waals surface area contributed by atoms with Crippen LogP contribution in [-0.4, -0.2) is 13.7 Å². The van der Waals surface area contributed by atoms with Gasteiger partial charge in [0.1, 0.15) is 6.61 Å². The van der Waals surface area contributed by atoms with Crippen molar-refractivity contribution < 1.29 is 9.47 Å². The number of nitrogens with two attached hydrogens (primary N) is 1. The molecule has 0 heterocycles. The van der Waals surface area contributed by atoms with Crippen LogP contribution >= 0.6 is 23.2 Å². The molecule has 0 saturated heterocycles. The van der Waals surface area contributed by atoms with Crippen LogP contribution in [0.25, 0.3) is 0 Å². The lowest BCUT2D eigenvalue weighted by Gasteiger charge is -2.13. The molecular weight excluding hydrogens is 261 g/mol. The first-order valence-corrected chi connectivity index (χ1v) is 5.89. The molecule has 3 nitrogen and oxygen atoms in total. The van der Waals surface area contributed by atoms with Crippen LogP contribution in [0.15, 0.2) is 23.2 Å². The maximum atomic E-state index is 6.11. The summed E-state index contributed by atoms with van der Waals surface area (Å²) in [7, 11) is 1.56. The summed E-state index contributed by atoms with van der Waals surface area (Å²) in [6.07, 6.45) is 0. The molecule has 94 valence electrons. The van der Waals surface area contributed by atoms with Gasteiger partial charge in [-0.3, -0.25) is 0 Å². The van der Waals surface area contributed by atoms with E-state index >= 15 is 0 Å². The predicted molar refractivity (Wildman–Crippen MR) is 71.0 cm³/mol. The maximum Gasteiger partial charge on any atom is 0.180 e. The van der Waals surface area contributed by atoms with Crippen molar-refractivity contribution in [3.63, 3.8) is 0 Å². The van der Waals surface area contributed by atoms with Gasteiger partial charge in [-0.15, -0.1) is 0 Å². The maximum absolute atomic E-state index is 6.11. The van der Waals surface area contributed by atoms with Crippen molar-refractivity contribution in [1.29, 1.82) is 0 Å². The minimum Gasteiger partial charge on any atom is -0.493 e. The summed E-state index contributed by atoms with van der Waals surface area (Å²) in [6, 6.07) is 3.57. The highest BCUT2D eigenvalue weighted by atomic mass is 35.5. The van der Waals surface area contributed by atoms with Crippen molar-refractivity contribution in [3.05, 3.63) is 33.8 Å². The van der Waals surface area contributed by atoms with Crippen molar-refractivity contribution in [3.8, 4) is 11.5 Å². The Hall–Kier alpha value is -0.900. The van der Waals surface area contributed by atoms with Crippen molar-refractivity contribution in [2.75, 3.05) is 13.7 Å². The number of hydrogen-bond acceptors (Lipinski definition) is 3. The van der Waals surface area contributed by atoms with E-state index in [0.717, 1.165) is 11.1 Å². The zero-order valence-corrected chi connectivity index (χ0v) is 11.3. The Morgan fingerprint density at radius 2 is 2.18 bits per heavy atom. The summed E-state index contributed by atoms with van der Waals surface area (Å²) < 4.78 is 10.8. The van der Waals surface area contributed by atoms with E-state index < -0.39 is 0 Å². The molecule has 0 aliphatic heterocycles. The third kappa shape index (κ3) is 3.80. The fourth-order valence-corrected chi connectivity index (χ4v) is 1.60. The summed E-state index contributed by atoms with van der Waals surface area (Å²) in [4.78, 5) is 0. The summed E-state index contributed by atoms with van der Waals surface area (Å²) in [5.41, 5.74) is 8.81. The largest absolute Gasteiger partial charge is 0.493 e. The van der Waals surface area contributed by atoms with Gasteiger partial charge >= 0.3 is 0 Å². The molecule has 0 atom stereocenters. The van der Waals surface area contributed by atoms with E-state index in [-0.39, 0.29) is 0 Å². The van der Waals surface area contributed by atoms with Gasteiger partial charge in [0.05, 0.1) is 12.1 Å². The highest BCUT2D eigenvalue weighted by Crippen LogP contribution is 2.36. The lowest BCUT2D eigenvalue weighted by molar-refractivity contribution is 0.319. The van der Waals surface area contributed by atoms with Gasteiger partial charge in [-0.25, -0.2) is 0 Å². The zero-order chi connectivity index (χ0) is 12.8. The van der Waals surface area contributed by atoms with Crippen molar-refractivity contribution in [1.82, 2.24) is 0 Å². The molecule has 2 N–H and O–H groups in total. The van der Waals surface area contributed by atoms with Crippen LogP contribution in [0.4, 0.5) is 0 Å². The second kappa shape index (κ2) is 6.74. The Bertz CT molecular complexity index is 419. The lowest BCUT2D eigenvalue weighted by Crippen LogP contribution is -2.03. The van der Waals surface area contributed by atoms with E-state index in [1.54, 1.807) is 19.2 Å². The predicted octanol–water partition coefficient (Wildman–Crippen LogP) is 3.33. The molecule has 0 aliphatic carbocycles. The number of rotatable bonds is 5. The highest BCUT2D eigenvalue weighted by Gasteiger charge is 2.11. The number of halogens is 2. The third-order valence-electron chi connectivity index (χ3n) is 2.16. The van der Waals surface area contributed by atoms with E-state index in [9.17, 15) is 0 Å². The van der Waals surface area contributed by atoms with Gasteiger partial charge in [0, 0.05) is 12.1 Å². The van der Waals surface area contributed by atoms with Gasteiger partial charge in [0.15, 0.2) is 11.5 Å². The molecule has 1 aromatic carbocycles. The van der Waals surface area contributed by atoms with E-state index in [1.165, 1.54) is 5.54 Å². The van der Waals surface area contributed by atoms with Crippen LogP contribution in [0.5, 0.6) is 11.5 Å². The summed E-state index contributed by atoms with van der Waals surface area (Å²) in [6.45, 7) is 2.63. The Kier molecular flexibility index (Phi) is 5.62. The normalized spacial score (nSPS) is 11.5. The van der Waals surface area contributed by atoms with Crippen molar-refractivity contribution >= 4 is 23.2 Å². The van der Waals surface area contributed by atoms with Gasteiger partial charge in [0.25, 0.3) is 0 Å². The summed E-state index contributed by atoms with van der Waals surface area (Å²) in [5, 5.41) is 0.479. The van der Waals surface area contributed by atoms with Crippen LogP contribution < -0.4 is 15.2 Å². The highest BCUT2D eigenvalue weighted by molar-refractivity contribution is 6.32. The summed E-state index contributed by atoms with van der Waals surface area (Å²) in [5.74, 6) is 1.07. The molecular formula is C12H15Cl2NO2. The number of ether oxygens (including phenoxy) is 2. The molecule has 1 aromatic rings. The molecule has 0 amide bonds. The Balaban J connectivity index is 2.97. The molecule has 0 aromatic heterocycles. The van der Waals surface area contributed by atoms with Crippen LogP contribution in [-0.2, 0) is 6.54 Å². The second-order valence-electron chi connectivity index (χ2n) is 3.56. The molecule has 0 unspecified atom stereocenters. The second-order valence-corrected chi connectivity index (χ2v) is 4.18. The number of methoxy groups -OCH3 is 1. The third-order valence-corrected chi connectivity index (χ3v) is 2.81. The molecule has 5 heteroatoms. The topological polar surface area (TPSA) is 44.5 Å². The molecule has 0 radical (unpaired) electrons. The molecule has 17 heavy (non-hydrogen) atoms. The minimum atomic E-state index is 0.363. The van der Waals surface area contributed by atoms with Gasteiger partial charge in [-0.1, -0.05) is 23.2 Å². The SMILES string of the molecule is COc1cc(CN)cc(Cl)c1OC/C(C)=C/Cl. The van der Waals surface area contributed by atoms with Gasteiger partial charge in [-0.2, -0.15) is 0 Å². The van der Waals surface area contributed by atoms with Gasteiger partial charge in [-0.05, 0) is 30.2 Å². The summed E-state index contributed by atoms with van der Waals surface area (Å²) >= 11 is 11.7. The van der Waals surface area contributed by atoms with Crippen LogP contribution in [0.1, 0.15) is 12.5 Å². The Labute approximate surface area is 111 Å². The Morgan fingerprint density at radius 3 is 2.71 bits per heavy atom. The van der Waals surface area contributed by atoms with Crippen molar-refractivity contribution in [2.24, 2.45) is 5.73 Å². The van der Waals surface area contributed by atoms with E-state index in [4.69, 9.17) is 38.4 Å². The zero-order valence-electron chi connectivity index (χ0n) is 9.80. The molecule has 0 aliphatic rings. The average Bonchev–Trinajstić information content (AvgIpc) is 2.35. The lowest BCUT2D eigenvalue weighted by atomic mass is 10.2. The fraction of sp³-hybridized carbons (Fsp3) is 0.333. The van der Waals surface area contributed by atoms with E-state index in [2.05, 4.69) is 0 Å². The van der Waals surface area contributed by atoms with Gasteiger partial charge < -0.3 is 15.2 Å². The molecule has 0 spiro atoms. The minimum absolute atomic E-state index is 0.363. The number of benzene rings is 1. The quantitative estimate of drug-likeness (QED) is 0.897. The van der Waals surface area contributed by atoms with Gasteiger partial charge in [0.2, 0.25) is 0 Å². The smallest absolute Gasteiger partial charge is 0.180 e. The first-order chi connectivity index (χ1) is 8.12. The van der Waals surface area contributed by atoms with E-state index in [0.29, 0.717) is 29.7 Å². The van der Waals surface area contributed by atoms with E-state index in [1.807, 2.05) is 6.92 Å². The first kappa shape index (κ1) is 14.2.